The van der Waals surface area contributed by atoms with E-state index >= 15 is 0 Å². The van der Waals surface area contributed by atoms with Crippen molar-refractivity contribution in [1.29, 1.82) is 5.26 Å². The molecule has 0 saturated heterocycles. The van der Waals surface area contributed by atoms with Crippen LogP contribution in [0.15, 0.2) is 53.1 Å². The van der Waals surface area contributed by atoms with Gasteiger partial charge in [-0.1, -0.05) is 60.1 Å². The highest BCUT2D eigenvalue weighted by Gasteiger charge is 2.31. The highest BCUT2D eigenvalue weighted by atomic mass is 35.5. The SMILES string of the molecule is CCc1ccc(NC(=O)CSC2=C(C#N)[C@H](c3ccc(Cl)cc3Cl)CC(=O)N2)cc1. The fourth-order valence-corrected chi connectivity index (χ4v) is 4.56. The van der Waals surface area contributed by atoms with Gasteiger partial charge in [0, 0.05) is 28.1 Å². The Hall–Kier alpha value is -2.46. The molecule has 2 N–H and O–H groups in total. The van der Waals surface area contributed by atoms with Gasteiger partial charge in [-0.2, -0.15) is 5.26 Å². The van der Waals surface area contributed by atoms with Crippen molar-refractivity contribution in [3.63, 3.8) is 0 Å². The summed E-state index contributed by atoms with van der Waals surface area (Å²) in [7, 11) is 0. The molecule has 30 heavy (non-hydrogen) atoms. The summed E-state index contributed by atoms with van der Waals surface area (Å²) < 4.78 is 0. The number of amides is 2. The summed E-state index contributed by atoms with van der Waals surface area (Å²) in [5.41, 5.74) is 2.92. The van der Waals surface area contributed by atoms with Crippen LogP contribution in [0.1, 0.15) is 30.4 Å². The van der Waals surface area contributed by atoms with E-state index in [-0.39, 0.29) is 24.0 Å². The maximum atomic E-state index is 12.3. The van der Waals surface area contributed by atoms with E-state index in [1.54, 1.807) is 18.2 Å². The van der Waals surface area contributed by atoms with Crippen molar-refractivity contribution in [1.82, 2.24) is 5.32 Å². The zero-order valence-electron chi connectivity index (χ0n) is 16.2. The van der Waals surface area contributed by atoms with Gasteiger partial charge < -0.3 is 10.6 Å². The number of nitrogens with zero attached hydrogens (tertiary/aromatic N) is 1. The van der Waals surface area contributed by atoms with Crippen LogP contribution in [0.2, 0.25) is 10.0 Å². The van der Waals surface area contributed by atoms with E-state index in [0.29, 0.717) is 31.9 Å². The Bertz CT molecular complexity index is 1050. The summed E-state index contributed by atoms with van der Waals surface area (Å²) in [4.78, 5) is 24.6. The number of benzene rings is 2. The van der Waals surface area contributed by atoms with Crippen LogP contribution in [0.4, 0.5) is 5.69 Å². The molecule has 0 unspecified atom stereocenters. The molecule has 0 fully saturated rings. The highest BCUT2D eigenvalue weighted by Crippen LogP contribution is 2.39. The van der Waals surface area contributed by atoms with E-state index in [4.69, 9.17) is 23.2 Å². The number of carbonyl (C=O) groups is 2. The van der Waals surface area contributed by atoms with Crippen LogP contribution in [0.3, 0.4) is 0 Å². The molecule has 1 atom stereocenters. The molecule has 2 aromatic rings. The standard InChI is InChI=1S/C22H19Cl2N3O2S/c1-2-13-3-6-15(7-4-13)26-21(29)12-30-22-18(11-25)17(10-20(28)27-22)16-8-5-14(23)9-19(16)24/h3-9,17H,2,10,12H2,1H3,(H,26,29)(H,27,28)/t17-/m0/s1. The van der Waals surface area contributed by atoms with Gasteiger partial charge in [0.25, 0.3) is 0 Å². The van der Waals surface area contributed by atoms with Crippen LogP contribution in [0.25, 0.3) is 0 Å². The minimum Gasteiger partial charge on any atom is -0.325 e. The Labute approximate surface area is 189 Å². The average molecular weight is 460 g/mol. The second-order valence-electron chi connectivity index (χ2n) is 6.71. The Morgan fingerprint density at radius 3 is 2.63 bits per heavy atom. The number of halogens is 2. The van der Waals surface area contributed by atoms with Crippen LogP contribution in [-0.2, 0) is 16.0 Å². The summed E-state index contributed by atoms with van der Waals surface area (Å²) in [6.07, 6.45) is 1.03. The van der Waals surface area contributed by atoms with E-state index < -0.39 is 5.92 Å². The smallest absolute Gasteiger partial charge is 0.234 e. The third-order valence-electron chi connectivity index (χ3n) is 4.69. The third-order valence-corrected chi connectivity index (χ3v) is 6.27. The van der Waals surface area contributed by atoms with E-state index in [9.17, 15) is 14.9 Å². The highest BCUT2D eigenvalue weighted by molar-refractivity contribution is 8.03. The second-order valence-corrected chi connectivity index (χ2v) is 8.54. The molecule has 0 saturated carbocycles. The van der Waals surface area contributed by atoms with Crippen molar-refractivity contribution in [2.24, 2.45) is 0 Å². The fraction of sp³-hybridized carbons (Fsp3) is 0.227. The molecule has 0 radical (unpaired) electrons. The number of hydrogen-bond acceptors (Lipinski definition) is 4. The van der Waals surface area contributed by atoms with Crippen LogP contribution in [-0.4, -0.2) is 17.6 Å². The van der Waals surface area contributed by atoms with E-state index in [1.807, 2.05) is 24.3 Å². The number of allylic oxidation sites excluding steroid dienone is 1. The molecule has 1 heterocycles. The van der Waals surface area contributed by atoms with Gasteiger partial charge in [-0.25, -0.2) is 0 Å². The Balaban J connectivity index is 1.75. The van der Waals surface area contributed by atoms with Crippen molar-refractivity contribution in [3.05, 3.63) is 74.2 Å². The number of nitrogens with one attached hydrogen (secondary N) is 2. The molecule has 0 spiro atoms. The summed E-state index contributed by atoms with van der Waals surface area (Å²) in [6, 6.07) is 14.8. The Morgan fingerprint density at radius 1 is 1.27 bits per heavy atom. The minimum absolute atomic E-state index is 0.0530. The van der Waals surface area contributed by atoms with Crippen molar-refractivity contribution in [2.45, 2.75) is 25.7 Å². The van der Waals surface area contributed by atoms with Gasteiger partial charge in [0.05, 0.1) is 22.4 Å². The molecule has 2 aromatic carbocycles. The lowest BCUT2D eigenvalue weighted by molar-refractivity contribution is -0.121. The zero-order valence-corrected chi connectivity index (χ0v) is 18.5. The number of thioether (sulfide) groups is 1. The molecular formula is C22H19Cl2N3O2S. The number of carbonyl (C=O) groups excluding carboxylic acids is 2. The van der Waals surface area contributed by atoms with Gasteiger partial charge in [0.1, 0.15) is 0 Å². The van der Waals surface area contributed by atoms with Crippen molar-refractivity contribution < 1.29 is 9.59 Å². The summed E-state index contributed by atoms with van der Waals surface area (Å²) in [5, 5.41) is 16.5. The molecule has 3 rings (SSSR count). The topological polar surface area (TPSA) is 82.0 Å². The molecule has 1 aliphatic rings. The number of rotatable bonds is 6. The van der Waals surface area contributed by atoms with Gasteiger partial charge >= 0.3 is 0 Å². The maximum absolute atomic E-state index is 12.3. The molecular weight excluding hydrogens is 441 g/mol. The summed E-state index contributed by atoms with van der Waals surface area (Å²) in [6.45, 7) is 2.06. The quantitative estimate of drug-likeness (QED) is 0.616. The fourth-order valence-electron chi connectivity index (χ4n) is 3.14. The van der Waals surface area contributed by atoms with Gasteiger partial charge in [0.15, 0.2) is 0 Å². The summed E-state index contributed by atoms with van der Waals surface area (Å²) >= 11 is 13.4. The lowest BCUT2D eigenvalue weighted by Crippen LogP contribution is -2.31. The summed E-state index contributed by atoms with van der Waals surface area (Å²) in [5.74, 6) is -0.893. The molecule has 8 heteroatoms. The molecule has 5 nitrogen and oxygen atoms in total. The van der Waals surface area contributed by atoms with E-state index in [0.717, 1.165) is 18.2 Å². The van der Waals surface area contributed by atoms with E-state index in [1.165, 1.54) is 5.56 Å². The molecule has 2 amide bonds. The van der Waals surface area contributed by atoms with Gasteiger partial charge in [-0.05, 0) is 41.8 Å². The number of nitriles is 1. The first kappa shape index (κ1) is 22.2. The van der Waals surface area contributed by atoms with Crippen molar-refractivity contribution >= 4 is 52.5 Å². The Kier molecular flexibility index (Phi) is 7.43. The first-order valence-corrected chi connectivity index (χ1v) is 11.1. The molecule has 0 aromatic heterocycles. The monoisotopic (exact) mass is 459 g/mol. The lowest BCUT2D eigenvalue weighted by Gasteiger charge is -2.25. The molecule has 1 aliphatic heterocycles. The van der Waals surface area contributed by atoms with Crippen LogP contribution in [0, 0.1) is 11.3 Å². The number of anilines is 1. The molecule has 0 aliphatic carbocycles. The van der Waals surface area contributed by atoms with Crippen LogP contribution < -0.4 is 10.6 Å². The maximum Gasteiger partial charge on any atom is 0.234 e. The number of aryl methyl sites for hydroxylation is 1. The minimum atomic E-state index is -0.485. The predicted octanol–water partition coefficient (Wildman–Crippen LogP) is 5.27. The molecule has 154 valence electrons. The third kappa shape index (κ3) is 5.37. The van der Waals surface area contributed by atoms with Crippen LogP contribution in [0.5, 0.6) is 0 Å². The van der Waals surface area contributed by atoms with Crippen molar-refractivity contribution in [2.75, 3.05) is 11.1 Å². The Morgan fingerprint density at radius 2 is 2.00 bits per heavy atom. The predicted molar refractivity (Wildman–Crippen MR) is 122 cm³/mol. The largest absolute Gasteiger partial charge is 0.325 e. The van der Waals surface area contributed by atoms with E-state index in [2.05, 4.69) is 23.6 Å². The van der Waals surface area contributed by atoms with Gasteiger partial charge in [0.2, 0.25) is 11.8 Å². The van der Waals surface area contributed by atoms with Gasteiger partial charge in [-0.15, -0.1) is 0 Å². The van der Waals surface area contributed by atoms with Crippen molar-refractivity contribution in [3.8, 4) is 6.07 Å². The number of hydrogen-bond donors (Lipinski definition) is 2. The van der Waals surface area contributed by atoms with Crippen LogP contribution >= 0.6 is 35.0 Å². The first-order valence-electron chi connectivity index (χ1n) is 9.32. The normalized spacial score (nSPS) is 16.1. The lowest BCUT2D eigenvalue weighted by atomic mass is 9.87. The first-order chi connectivity index (χ1) is 14.4. The second kappa shape index (κ2) is 10.0. The zero-order chi connectivity index (χ0) is 21.7. The van der Waals surface area contributed by atoms with Gasteiger partial charge in [-0.3, -0.25) is 9.59 Å². The average Bonchev–Trinajstić information content (AvgIpc) is 2.72. The molecule has 0 bridgehead atoms.